The predicted molar refractivity (Wildman–Crippen MR) is 82.0 cm³/mol. The number of benzene rings is 1. The van der Waals surface area contributed by atoms with Gasteiger partial charge in [0.15, 0.2) is 5.16 Å². The molecule has 1 heterocycles. The number of aromatic amines is 1. The van der Waals surface area contributed by atoms with Crippen molar-refractivity contribution in [1.82, 2.24) is 14.8 Å². The Morgan fingerprint density at radius 3 is 3.00 bits per heavy atom. The van der Waals surface area contributed by atoms with Crippen LogP contribution in [0.25, 0.3) is 0 Å². The molecule has 0 radical (unpaired) electrons. The number of nitrogens with two attached hydrogens (primary N) is 1. The van der Waals surface area contributed by atoms with Crippen LogP contribution in [0.2, 0.25) is 0 Å². The van der Waals surface area contributed by atoms with E-state index in [-0.39, 0.29) is 0 Å². The van der Waals surface area contributed by atoms with Crippen LogP contribution < -0.4 is 16.9 Å². The Balaban J connectivity index is 2.15. The fraction of sp³-hybridized carbons (Fsp3) is 0.214. The van der Waals surface area contributed by atoms with Crippen molar-refractivity contribution in [3.63, 3.8) is 0 Å². The predicted octanol–water partition coefficient (Wildman–Crippen LogP) is 0.0711. The van der Waals surface area contributed by atoms with E-state index in [2.05, 4.69) is 21.9 Å². The third kappa shape index (κ3) is 4.08. The lowest BCUT2D eigenvalue weighted by Gasteiger charge is -2.06. The lowest BCUT2D eigenvalue weighted by molar-refractivity contribution is 0.596. The largest absolute Gasteiger partial charge is 0.339 e. The van der Waals surface area contributed by atoms with E-state index in [1.54, 1.807) is 7.05 Å². The van der Waals surface area contributed by atoms with E-state index in [9.17, 15) is 9.59 Å². The average Bonchev–Trinajstić information content (AvgIpc) is 2.48. The minimum absolute atomic E-state index is 0.322. The highest BCUT2D eigenvalue weighted by atomic mass is 32.2. The van der Waals surface area contributed by atoms with Gasteiger partial charge in [-0.15, -0.1) is 0 Å². The summed E-state index contributed by atoms with van der Waals surface area (Å²) in [6, 6.07) is 7.74. The van der Waals surface area contributed by atoms with Crippen molar-refractivity contribution < 1.29 is 0 Å². The van der Waals surface area contributed by atoms with Crippen molar-refractivity contribution >= 4 is 11.8 Å². The van der Waals surface area contributed by atoms with Crippen LogP contribution in [0.4, 0.5) is 0 Å². The maximum absolute atomic E-state index is 11.3. The van der Waals surface area contributed by atoms with Crippen molar-refractivity contribution in [3.8, 4) is 11.8 Å². The Hall–Kier alpha value is -2.30. The Morgan fingerprint density at radius 1 is 1.43 bits per heavy atom. The molecule has 0 fully saturated rings. The standard InChI is InChI=1S/C14H14N4O2S/c1-18-14(16-12(19)13(20)17-18)21-9-11-5-2-4-10(8-11)6-3-7-15/h2,4-5,8H,7,9,15H2,1H3,(H,17,20). The number of rotatable bonds is 3. The van der Waals surface area contributed by atoms with E-state index in [0.717, 1.165) is 11.1 Å². The van der Waals surface area contributed by atoms with E-state index in [0.29, 0.717) is 17.5 Å². The zero-order valence-corrected chi connectivity index (χ0v) is 12.2. The second-order valence-electron chi connectivity index (χ2n) is 4.19. The van der Waals surface area contributed by atoms with Gasteiger partial charge in [-0.3, -0.25) is 19.4 Å². The number of nitrogens with zero attached hydrogens (tertiary/aromatic N) is 2. The lowest BCUT2D eigenvalue weighted by Crippen LogP contribution is -2.33. The maximum atomic E-state index is 11.3. The molecular formula is C14H14N4O2S. The van der Waals surface area contributed by atoms with Gasteiger partial charge in [0, 0.05) is 18.4 Å². The van der Waals surface area contributed by atoms with E-state index in [1.165, 1.54) is 16.4 Å². The molecule has 3 N–H and O–H groups in total. The van der Waals surface area contributed by atoms with Crippen molar-refractivity contribution in [2.75, 3.05) is 6.54 Å². The molecule has 0 amide bonds. The summed E-state index contributed by atoms with van der Waals surface area (Å²) in [4.78, 5) is 26.1. The van der Waals surface area contributed by atoms with E-state index < -0.39 is 11.1 Å². The summed E-state index contributed by atoms with van der Waals surface area (Å²) in [5.41, 5.74) is 5.78. The zero-order valence-electron chi connectivity index (χ0n) is 11.4. The minimum atomic E-state index is -0.779. The molecule has 0 spiro atoms. The summed E-state index contributed by atoms with van der Waals surface area (Å²) in [5, 5.41) is 2.87. The summed E-state index contributed by atoms with van der Waals surface area (Å²) in [7, 11) is 1.64. The highest BCUT2D eigenvalue weighted by Crippen LogP contribution is 2.19. The van der Waals surface area contributed by atoms with Gasteiger partial charge >= 0.3 is 11.1 Å². The number of hydrogen-bond acceptors (Lipinski definition) is 5. The molecule has 2 rings (SSSR count). The van der Waals surface area contributed by atoms with Gasteiger partial charge in [-0.25, -0.2) is 0 Å². The first-order valence-corrected chi connectivity index (χ1v) is 7.17. The van der Waals surface area contributed by atoms with Gasteiger partial charge in [0.05, 0.1) is 6.54 Å². The van der Waals surface area contributed by atoms with Gasteiger partial charge in [0.2, 0.25) is 0 Å². The molecule has 1 aromatic carbocycles. The van der Waals surface area contributed by atoms with Crippen LogP contribution in [0.1, 0.15) is 11.1 Å². The van der Waals surface area contributed by atoms with Crippen molar-refractivity contribution in [3.05, 3.63) is 56.1 Å². The fourth-order valence-electron chi connectivity index (χ4n) is 1.63. The quantitative estimate of drug-likeness (QED) is 0.475. The molecule has 0 unspecified atom stereocenters. The molecule has 0 aliphatic heterocycles. The molecule has 0 aliphatic carbocycles. The van der Waals surface area contributed by atoms with Crippen molar-refractivity contribution in [2.24, 2.45) is 12.8 Å². The number of thioether (sulfide) groups is 1. The molecule has 2 aromatic rings. The van der Waals surface area contributed by atoms with Gasteiger partial charge in [-0.05, 0) is 17.7 Å². The van der Waals surface area contributed by atoms with Crippen LogP contribution in [0.15, 0.2) is 39.0 Å². The van der Waals surface area contributed by atoms with Gasteiger partial charge < -0.3 is 5.73 Å². The Kier molecular flexibility index (Phi) is 4.98. The van der Waals surface area contributed by atoms with Gasteiger partial charge in [-0.2, -0.15) is 4.98 Å². The average molecular weight is 302 g/mol. The molecule has 6 nitrogen and oxygen atoms in total. The smallest absolute Gasteiger partial charge is 0.320 e. The molecule has 0 saturated carbocycles. The van der Waals surface area contributed by atoms with Gasteiger partial charge in [-0.1, -0.05) is 35.7 Å². The first-order valence-electron chi connectivity index (χ1n) is 6.18. The van der Waals surface area contributed by atoms with Gasteiger partial charge in [0.1, 0.15) is 0 Å². The maximum Gasteiger partial charge on any atom is 0.339 e. The number of hydrogen-bond donors (Lipinski definition) is 2. The number of nitrogens with one attached hydrogen (secondary N) is 1. The Bertz CT molecular complexity index is 814. The molecule has 0 atom stereocenters. The molecule has 0 saturated heterocycles. The highest BCUT2D eigenvalue weighted by molar-refractivity contribution is 7.98. The van der Waals surface area contributed by atoms with E-state index in [4.69, 9.17) is 5.73 Å². The summed E-state index contributed by atoms with van der Waals surface area (Å²) in [6.07, 6.45) is 0. The van der Waals surface area contributed by atoms with Gasteiger partial charge in [0.25, 0.3) is 0 Å². The summed E-state index contributed by atoms with van der Waals surface area (Å²) in [5.74, 6) is 6.39. The molecule has 0 bridgehead atoms. The normalized spacial score (nSPS) is 10.0. The Morgan fingerprint density at radius 2 is 2.24 bits per heavy atom. The highest BCUT2D eigenvalue weighted by Gasteiger charge is 2.05. The molecular weight excluding hydrogens is 288 g/mol. The third-order valence-corrected chi connectivity index (χ3v) is 3.68. The Labute approximate surface area is 125 Å². The summed E-state index contributed by atoms with van der Waals surface area (Å²) in [6.45, 7) is 0.322. The van der Waals surface area contributed by atoms with Crippen molar-refractivity contribution in [1.29, 1.82) is 0 Å². The third-order valence-electron chi connectivity index (χ3n) is 2.58. The summed E-state index contributed by atoms with van der Waals surface area (Å²) < 4.78 is 1.44. The minimum Gasteiger partial charge on any atom is -0.320 e. The van der Waals surface area contributed by atoms with Crippen LogP contribution >= 0.6 is 11.8 Å². The molecule has 108 valence electrons. The molecule has 1 aromatic heterocycles. The monoisotopic (exact) mass is 302 g/mol. The SMILES string of the molecule is Cn1[nH]c(=O)c(=O)nc1SCc1cccc(C#CCN)c1. The number of aromatic nitrogens is 3. The number of H-pyrrole nitrogens is 1. The lowest BCUT2D eigenvalue weighted by atomic mass is 10.1. The summed E-state index contributed by atoms with van der Waals surface area (Å²) >= 11 is 1.36. The van der Waals surface area contributed by atoms with Crippen LogP contribution in [-0.2, 0) is 12.8 Å². The number of aryl methyl sites for hydroxylation is 1. The molecule has 21 heavy (non-hydrogen) atoms. The molecule has 7 heteroatoms. The van der Waals surface area contributed by atoms with Crippen molar-refractivity contribution in [2.45, 2.75) is 10.9 Å². The second kappa shape index (κ2) is 6.92. The second-order valence-corrected chi connectivity index (χ2v) is 5.14. The van der Waals surface area contributed by atoms with E-state index >= 15 is 0 Å². The topological polar surface area (TPSA) is 93.8 Å². The van der Waals surface area contributed by atoms with Crippen LogP contribution in [0.3, 0.4) is 0 Å². The van der Waals surface area contributed by atoms with Crippen LogP contribution in [-0.4, -0.2) is 21.3 Å². The zero-order chi connectivity index (χ0) is 15.2. The van der Waals surface area contributed by atoms with Crippen LogP contribution in [0.5, 0.6) is 0 Å². The first kappa shape index (κ1) is 15.1. The molecule has 0 aliphatic rings. The fourth-order valence-corrected chi connectivity index (χ4v) is 2.49. The van der Waals surface area contributed by atoms with E-state index in [1.807, 2.05) is 24.3 Å². The van der Waals surface area contributed by atoms with Crippen LogP contribution in [0, 0.1) is 11.8 Å². The first-order chi connectivity index (χ1) is 10.1.